The molecule has 0 saturated heterocycles. The van der Waals surface area contributed by atoms with Crippen LogP contribution in [0.4, 0.5) is 5.69 Å². The average molecular weight is 357 g/mol. The van der Waals surface area contributed by atoms with E-state index in [1.807, 2.05) is 6.92 Å². The number of anilines is 1. The van der Waals surface area contributed by atoms with Crippen LogP contribution >= 0.6 is 0 Å². The molecule has 7 nitrogen and oxygen atoms in total. The number of benzene rings is 1. The average Bonchev–Trinajstić information content (AvgIpc) is 2.49. The lowest BCUT2D eigenvalue weighted by Gasteiger charge is -2.25. The molecule has 0 heterocycles. The number of rotatable bonds is 9. The molecule has 0 fully saturated rings. The summed E-state index contributed by atoms with van der Waals surface area (Å²) in [5, 5.41) is 2.85. The normalized spacial score (nSPS) is 12.8. The van der Waals surface area contributed by atoms with E-state index in [9.17, 15) is 13.2 Å². The van der Waals surface area contributed by atoms with Crippen LogP contribution in [0.2, 0.25) is 0 Å². The zero-order valence-corrected chi connectivity index (χ0v) is 15.5. The maximum Gasteiger partial charge on any atom is 0.229 e. The Hall–Kier alpha value is -1.80. The van der Waals surface area contributed by atoms with Gasteiger partial charge in [-0.05, 0) is 39.3 Å². The van der Waals surface area contributed by atoms with Crippen LogP contribution in [0.25, 0.3) is 0 Å². The Bertz CT molecular complexity index is 634. The highest BCUT2D eigenvalue weighted by molar-refractivity contribution is 7.73. The lowest BCUT2D eigenvalue weighted by Crippen LogP contribution is -2.41. The number of hydrogen-bond acceptors (Lipinski definition) is 5. The van der Waals surface area contributed by atoms with E-state index in [2.05, 4.69) is 10.0 Å². The predicted octanol–water partition coefficient (Wildman–Crippen LogP) is 1.58. The molecule has 8 heteroatoms. The van der Waals surface area contributed by atoms with Crippen molar-refractivity contribution in [3.8, 4) is 5.75 Å². The maximum absolute atomic E-state index is 12.2. The third kappa shape index (κ3) is 5.68. The van der Waals surface area contributed by atoms with Crippen molar-refractivity contribution in [3.63, 3.8) is 0 Å². The van der Waals surface area contributed by atoms with Gasteiger partial charge in [-0.15, -0.1) is 0 Å². The molecule has 0 aliphatic heterocycles. The fourth-order valence-electron chi connectivity index (χ4n) is 2.14. The maximum atomic E-state index is 12.2. The van der Waals surface area contributed by atoms with Crippen LogP contribution in [0, 0.1) is 5.41 Å². The highest BCUT2D eigenvalue weighted by atomic mass is 32.2. The fourth-order valence-corrected chi connectivity index (χ4v) is 2.53. The zero-order valence-electron chi connectivity index (χ0n) is 14.6. The highest BCUT2D eigenvalue weighted by Crippen LogP contribution is 2.32. The quantitative estimate of drug-likeness (QED) is 0.502. The third-order valence-corrected chi connectivity index (χ3v) is 3.90. The van der Waals surface area contributed by atoms with Crippen molar-refractivity contribution in [1.82, 2.24) is 5.32 Å². The van der Waals surface area contributed by atoms with E-state index in [0.717, 1.165) is 6.42 Å². The van der Waals surface area contributed by atoms with Crippen molar-refractivity contribution in [2.45, 2.75) is 40.2 Å². The Morgan fingerprint density at radius 2 is 2.04 bits per heavy atom. The van der Waals surface area contributed by atoms with E-state index in [1.165, 1.54) is 0 Å². The molecule has 0 radical (unpaired) electrons. The number of hydrogen-bond donors (Lipinski definition) is 4. The van der Waals surface area contributed by atoms with E-state index in [-0.39, 0.29) is 12.5 Å². The Labute approximate surface area is 145 Å². The summed E-state index contributed by atoms with van der Waals surface area (Å²) in [7, 11) is -2.80. The minimum absolute atomic E-state index is 0.0939. The number of carbonyl (C=O) groups excluding carboxylic acids is 1. The minimum atomic E-state index is -2.80. The molecule has 0 saturated carbocycles. The highest BCUT2D eigenvalue weighted by Gasteiger charge is 2.29. The summed E-state index contributed by atoms with van der Waals surface area (Å²) >= 11 is 0. The molecule has 24 heavy (non-hydrogen) atoms. The van der Waals surface area contributed by atoms with E-state index in [1.54, 1.807) is 39.0 Å². The summed E-state index contributed by atoms with van der Waals surface area (Å²) in [4.78, 5) is 12.2. The smallest absolute Gasteiger partial charge is 0.229 e. The largest absolute Gasteiger partial charge is 0.492 e. The van der Waals surface area contributed by atoms with Gasteiger partial charge in [-0.3, -0.25) is 9.52 Å². The number of carbonyl (C=O) groups is 1. The minimum Gasteiger partial charge on any atom is -0.492 e. The number of amides is 1. The first-order valence-corrected chi connectivity index (χ1v) is 9.07. The lowest BCUT2D eigenvalue weighted by molar-refractivity contribution is -0.130. The molecule has 0 bridgehead atoms. The molecule has 0 aliphatic carbocycles. The van der Waals surface area contributed by atoms with Crippen molar-refractivity contribution in [2.24, 2.45) is 11.1 Å². The van der Waals surface area contributed by atoms with E-state index in [4.69, 9.17) is 10.5 Å². The monoisotopic (exact) mass is 357 g/mol. The molecule has 1 amide bonds. The van der Waals surface area contributed by atoms with E-state index in [0.29, 0.717) is 23.5 Å². The zero-order chi connectivity index (χ0) is 18.3. The molecule has 136 valence electrons. The fraction of sp³-hybridized carbons (Fsp3) is 0.562. The van der Waals surface area contributed by atoms with Gasteiger partial charge in [-0.1, -0.05) is 13.0 Å². The molecule has 1 aromatic rings. The summed E-state index contributed by atoms with van der Waals surface area (Å²) in [5.74, 6) is 0.367. The molecular weight excluding hydrogens is 330 g/mol. The van der Waals surface area contributed by atoms with Gasteiger partial charge in [0.1, 0.15) is 12.4 Å². The molecule has 1 unspecified atom stereocenters. The van der Waals surface area contributed by atoms with Gasteiger partial charge >= 0.3 is 0 Å². The van der Waals surface area contributed by atoms with Crippen LogP contribution in [0.15, 0.2) is 18.2 Å². The second-order valence-corrected chi connectivity index (χ2v) is 7.04. The molecule has 0 aliphatic rings. The van der Waals surface area contributed by atoms with Gasteiger partial charge in [0.05, 0.1) is 11.1 Å². The summed E-state index contributed by atoms with van der Waals surface area (Å²) in [6, 6.07) is 4.57. The summed E-state index contributed by atoms with van der Waals surface area (Å²) < 4.78 is 30.1. The standard InChI is InChI=1S/C16H27N3O4S/c1-5-9-18-15(20)16(3,4)10-23-13-8-6-7-12(19-24(21)22)14(13)11(2)17/h6-8,11,24H,5,9-10,17H2,1-4H3,(H,18,20)(H,19,21,22). The Kier molecular flexibility index (Phi) is 7.50. The molecule has 4 N–H and O–H groups in total. The molecular formula is C16H27N3O4S. The van der Waals surface area contributed by atoms with Gasteiger partial charge in [-0.25, -0.2) is 8.42 Å². The number of nitrogens with one attached hydrogen (secondary N) is 2. The van der Waals surface area contributed by atoms with E-state index >= 15 is 0 Å². The molecule has 1 atom stereocenters. The first-order chi connectivity index (χ1) is 11.2. The molecule has 1 aromatic carbocycles. The van der Waals surface area contributed by atoms with Crippen LogP contribution in [-0.4, -0.2) is 27.5 Å². The van der Waals surface area contributed by atoms with Crippen molar-refractivity contribution in [3.05, 3.63) is 23.8 Å². The van der Waals surface area contributed by atoms with Crippen LogP contribution in [0.5, 0.6) is 5.75 Å². The predicted molar refractivity (Wildman–Crippen MR) is 95.6 cm³/mol. The Balaban J connectivity index is 2.96. The summed E-state index contributed by atoms with van der Waals surface area (Å²) in [6.07, 6.45) is 0.860. The van der Waals surface area contributed by atoms with Gasteiger partial charge in [-0.2, -0.15) is 0 Å². The van der Waals surface area contributed by atoms with Crippen molar-refractivity contribution in [2.75, 3.05) is 17.9 Å². The molecule has 0 aromatic heterocycles. The van der Waals surface area contributed by atoms with Gasteiger partial charge < -0.3 is 15.8 Å². The SMILES string of the molecule is CCCNC(=O)C(C)(C)COc1cccc(N[SH](=O)=O)c1C(C)N. The van der Waals surface area contributed by atoms with Gasteiger partial charge in [0.15, 0.2) is 0 Å². The first kappa shape index (κ1) is 20.2. The van der Waals surface area contributed by atoms with E-state index < -0.39 is 22.3 Å². The number of nitrogens with two attached hydrogens (primary N) is 1. The Morgan fingerprint density at radius 1 is 1.38 bits per heavy atom. The van der Waals surface area contributed by atoms with Crippen LogP contribution in [0.1, 0.15) is 45.7 Å². The topological polar surface area (TPSA) is 111 Å². The lowest BCUT2D eigenvalue weighted by atomic mass is 9.93. The van der Waals surface area contributed by atoms with Crippen LogP contribution < -0.4 is 20.5 Å². The van der Waals surface area contributed by atoms with Crippen molar-refractivity contribution in [1.29, 1.82) is 0 Å². The van der Waals surface area contributed by atoms with Gasteiger partial charge in [0.2, 0.25) is 16.8 Å². The third-order valence-electron chi connectivity index (χ3n) is 3.47. The summed E-state index contributed by atoms with van der Waals surface area (Å²) in [6.45, 7) is 8.07. The van der Waals surface area contributed by atoms with Crippen molar-refractivity contribution < 1.29 is 17.9 Å². The van der Waals surface area contributed by atoms with Gasteiger partial charge in [0.25, 0.3) is 0 Å². The molecule has 1 rings (SSSR count). The second-order valence-electron chi connectivity index (χ2n) is 6.30. The van der Waals surface area contributed by atoms with Crippen molar-refractivity contribution >= 4 is 22.5 Å². The second kappa shape index (κ2) is 8.89. The summed E-state index contributed by atoms with van der Waals surface area (Å²) in [5.41, 5.74) is 6.17. The van der Waals surface area contributed by atoms with Crippen LogP contribution in [0.3, 0.4) is 0 Å². The number of thiol groups is 1. The first-order valence-electron chi connectivity index (χ1n) is 7.89. The molecule has 0 spiro atoms. The van der Waals surface area contributed by atoms with Crippen LogP contribution in [-0.2, 0) is 15.7 Å². The number of ether oxygens (including phenoxy) is 1. The Morgan fingerprint density at radius 3 is 2.58 bits per heavy atom. The van der Waals surface area contributed by atoms with Gasteiger partial charge in [0, 0.05) is 18.2 Å².